The predicted molar refractivity (Wildman–Crippen MR) is 108 cm³/mol. The van der Waals surface area contributed by atoms with Crippen molar-refractivity contribution >= 4 is 21.6 Å². The number of anilines is 1. The normalized spacial score (nSPS) is 16.3. The molecular formula is C21H26N2O3S. The van der Waals surface area contributed by atoms with Gasteiger partial charge < -0.3 is 4.90 Å². The van der Waals surface area contributed by atoms with Gasteiger partial charge in [-0.3, -0.25) is 9.10 Å². The van der Waals surface area contributed by atoms with Gasteiger partial charge in [-0.1, -0.05) is 37.3 Å². The Labute approximate surface area is 161 Å². The molecule has 2 aromatic carbocycles. The molecule has 0 aliphatic carbocycles. The second-order valence-corrected chi connectivity index (χ2v) is 9.03. The second kappa shape index (κ2) is 7.72. The molecule has 0 spiro atoms. The number of fused-ring (bicyclic) bond motifs is 1. The zero-order chi connectivity index (χ0) is 19.6. The van der Waals surface area contributed by atoms with Gasteiger partial charge in [-0.2, -0.15) is 0 Å². The van der Waals surface area contributed by atoms with Crippen LogP contribution in [0.1, 0.15) is 41.8 Å². The summed E-state index contributed by atoms with van der Waals surface area (Å²) in [6.07, 6.45) is 2.72. The molecule has 0 radical (unpaired) electrons. The van der Waals surface area contributed by atoms with E-state index >= 15 is 0 Å². The van der Waals surface area contributed by atoms with E-state index in [4.69, 9.17) is 0 Å². The van der Waals surface area contributed by atoms with Gasteiger partial charge in [0.05, 0.1) is 11.9 Å². The molecule has 1 atom stereocenters. The minimum absolute atomic E-state index is 0.0195. The molecule has 0 saturated carbocycles. The van der Waals surface area contributed by atoms with Crippen molar-refractivity contribution < 1.29 is 13.2 Å². The number of nitrogens with zero attached hydrogens (tertiary/aromatic N) is 2. The van der Waals surface area contributed by atoms with Gasteiger partial charge in [-0.05, 0) is 49.1 Å². The highest BCUT2D eigenvalue weighted by Crippen LogP contribution is 2.35. The Hall–Kier alpha value is -2.34. The molecule has 1 aliphatic heterocycles. The molecule has 27 heavy (non-hydrogen) atoms. The first kappa shape index (κ1) is 19.4. The van der Waals surface area contributed by atoms with Crippen LogP contribution >= 0.6 is 0 Å². The molecule has 2 aromatic rings. The smallest absolute Gasteiger partial charge is 0.254 e. The molecule has 0 saturated heterocycles. The van der Waals surface area contributed by atoms with Crippen molar-refractivity contribution in [2.75, 3.05) is 17.1 Å². The summed E-state index contributed by atoms with van der Waals surface area (Å²) in [5.74, 6) is -0.0195. The molecule has 1 aliphatic rings. The maximum atomic E-state index is 13.1. The van der Waals surface area contributed by atoms with E-state index in [1.165, 1.54) is 10.6 Å². The monoisotopic (exact) mass is 386 g/mol. The zero-order valence-electron chi connectivity index (χ0n) is 16.1. The lowest BCUT2D eigenvalue weighted by Gasteiger charge is -2.23. The number of carbonyl (C=O) groups is 1. The fourth-order valence-electron chi connectivity index (χ4n) is 3.75. The average molecular weight is 387 g/mol. The van der Waals surface area contributed by atoms with Gasteiger partial charge >= 0.3 is 0 Å². The topological polar surface area (TPSA) is 57.7 Å². The molecule has 6 heteroatoms. The molecule has 1 amide bonds. The summed E-state index contributed by atoms with van der Waals surface area (Å²) in [5.41, 5.74) is 3.31. The third-order valence-electron chi connectivity index (χ3n) is 4.83. The number of benzene rings is 2. The van der Waals surface area contributed by atoms with Crippen molar-refractivity contribution in [3.05, 3.63) is 65.2 Å². The van der Waals surface area contributed by atoms with Crippen LogP contribution in [0.3, 0.4) is 0 Å². The summed E-state index contributed by atoms with van der Waals surface area (Å²) in [6.45, 7) is 5.19. The fourth-order valence-corrected chi connectivity index (χ4v) is 5.01. The number of hydrogen-bond acceptors (Lipinski definition) is 3. The van der Waals surface area contributed by atoms with E-state index in [-0.39, 0.29) is 11.9 Å². The van der Waals surface area contributed by atoms with E-state index < -0.39 is 10.0 Å². The predicted octanol–water partition coefficient (Wildman–Crippen LogP) is 3.45. The van der Waals surface area contributed by atoms with Crippen molar-refractivity contribution in [2.24, 2.45) is 0 Å². The molecule has 144 valence electrons. The fraction of sp³-hybridized carbons (Fsp3) is 0.381. The van der Waals surface area contributed by atoms with Crippen LogP contribution in [0.25, 0.3) is 0 Å². The Balaban J connectivity index is 1.87. The molecule has 5 nitrogen and oxygen atoms in total. The Morgan fingerprint density at radius 3 is 2.52 bits per heavy atom. The third-order valence-corrected chi connectivity index (χ3v) is 6.11. The van der Waals surface area contributed by atoms with E-state index in [9.17, 15) is 13.2 Å². The zero-order valence-corrected chi connectivity index (χ0v) is 16.9. The summed E-state index contributed by atoms with van der Waals surface area (Å²) in [7, 11) is -3.33. The third kappa shape index (κ3) is 4.16. The summed E-state index contributed by atoms with van der Waals surface area (Å²) in [6, 6.07) is 15.2. The Bertz CT molecular complexity index is 926. The molecule has 0 bridgehead atoms. The molecule has 1 heterocycles. The maximum absolute atomic E-state index is 13.1. The summed E-state index contributed by atoms with van der Waals surface area (Å²) < 4.78 is 25.6. The lowest BCUT2D eigenvalue weighted by molar-refractivity contribution is 0.0743. The van der Waals surface area contributed by atoms with Gasteiger partial charge in [0.25, 0.3) is 5.91 Å². The lowest BCUT2D eigenvalue weighted by Crippen LogP contribution is -2.34. The number of sulfonamides is 1. The van der Waals surface area contributed by atoms with Crippen molar-refractivity contribution in [1.82, 2.24) is 4.90 Å². The van der Waals surface area contributed by atoms with Crippen LogP contribution in [-0.4, -0.2) is 38.1 Å². The van der Waals surface area contributed by atoms with Crippen LogP contribution < -0.4 is 4.31 Å². The second-order valence-electron chi connectivity index (χ2n) is 7.17. The van der Waals surface area contributed by atoms with Crippen molar-refractivity contribution in [1.29, 1.82) is 0 Å². The minimum Gasteiger partial charge on any atom is -0.334 e. The number of hydrogen-bond donors (Lipinski definition) is 0. The molecule has 3 rings (SSSR count). The summed E-state index contributed by atoms with van der Waals surface area (Å²) in [4.78, 5) is 14.9. The molecule has 0 aromatic heterocycles. The van der Waals surface area contributed by atoms with Crippen molar-refractivity contribution in [3.63, 3.8) is 0 Å². The van der Waals surface area contributed by atoms with Gasteiger partial charge in [0, 0.05) is 24.7 Å². The van der Waals surface area contributed by atoms with Crippen molar-refractivity contribution in [3.8, 4) is 0 Å². The molecular weight excluding hydrogens is 360 g/mol. The van der Waals surface area contributed by atoms with Crippen molar-refractivity contribution in [2.45, 2.75) is 39.3 Å². The molecule has 0 fully saturated rings. The maximum Gasteiger partial charge on any atom is 0.254 e. The van der Waals surface area contributed by atoms with E-state index in [1.807, 2.05) is 48.2 Å². The first-order chi connectivity index (χ1) is 12.8. The largest absolute Gasteiger partial charge is 0.334 e. The van der Waals surface area contributed by atoms with E-state index in [1.54, 1.807) is 12.1 Å². The van der Waals surface area contributed by atoms with Crippen LogP contribution in [0, 0.1) is 0 Å². The van der Waals surface area contributed by atoms with E-state index in [0.29, 0.717) is 30.8 Å². The first-order valence-electron chi connectivity index (χ1n) is 9.26. The average Bonchev–Trinajstić information content (AvgIpc) is 2.96. The highest BCUT2D eigenvalue weighted by molar-refractivity contribution is 7.92. The number of amides is 1. The number of rotatable bonds is 6. The van der Waals surface area contributed by atoms with Crippen LogP contribution in [0.15, 0.2) is 48.5 Å². The quantitative estimate of drug-likeness (QED) is 0.764. The standard InChI is InChI=1S/C21H26N2O3S/c1-4-12-22(15-17-8-6-5-7-9-17)21(24)18-10-11-20-19(14-18)13-16(2)23(20)27(3,25)26/h5-11,14,16H,4,12-13,15H2,1-3H3. The first-order valence-corrected chi connectivity index (χ1v) is 11.1. The van der Waals surface area contributed by atoms with Crippen LogP contribution in [0.5, 0.6) is 0 Å². The van der Waals surface area contributed by atoms with Gasteiger partial charge in [-0.25, -0.2) is 8.42 Å². The molecule has 0 N–H and O–H groups in total. The Morgan fingerprint density at radius 2 is 1.89 bits per heavy atom. The highest BCUT2D eigenvalue weighted by atomic mass is 32.2. The van der Waals surface area contributed by atoms with Gasteiger partial charge in [-0.15, -0.1) is 0 Å². The SMILES string of the molecule is CCCN(Cc1ccccc1)C(=O)c1ccc2c(c1)CC(C)N2S(C)(=O)=O. The Kier molecular flexibility index (Phi) is 5.56. The molecule has 1 unspecified atom stereocenters. The lowest BCUT2D eigenvalue weighted by atomic mass is 10.1. The van der Waals surface area contributed by atoms with Crippen LogP contribution in [0.4, 0.5) is 5.69 Å². The van der Waals surface area contributed by atoms with Gasteiger partial charge in [0.2, 0.25) is 10.0 Å². The number of carbonyl (C=O) groups excluding carboxylic acids is 1. The summed E-state index contributed by atoms with van der Waals surface area (Å²) in [5, 5.41) is 0. The van der Waals surface area contributed by atoms with Crippen LogP contribution in [0.2, 0.25) is 0 Å². The van der Waals surface area contributed by atoms with Crippen LogP contribution in [-0.2, 0) is 23.0 Å². The van der Waals surface area contributed by atoms with E-state index in [0.717, 1.165) is 17.5 Å². The summed E-state index contributed by atoms with van der Waals surface area (Å²) >= 11 is 0. The minimum atomic E-state index is -3.33. The van der Waals surface area contributed by atoms with Gasteiger partial charge in [0.15, 0.2) is 0 Å². The highest BCUT2D eigenvalue weighted by Gasteiger charge is 2.33. The van der Waals surface area contributed by atoms with Gasteiger partial charge in [0.1, 0.15) is 0 Å². The van der Waals surface area contributed by atoms with E-state index in [2.05, 4.69) is 6.92 Å². The Morgan fingerprint density at radius 1 is 1.19 bits per heavy atom.